The molecule has 0 aromatic rings. The van der Waals surface area contributed by atoms with Crippen molar-refractivity contribution in [2.24, 2.45) is 0 Å². The van der Waals surface area contributed by atoms with Gasteiger partial charge in [-0.05, 0) is 19.8 Å². The molecule has 2 nitrogen and oxygen atoms in total. The topological polar surface area (TPSA) is 40.5 Å². The minimum Gasteiger partial charge on any atom is -0.393 e. The van der Waals surface area contributed by atoms with Gasteiger partial charge in [0.1, 0.15) is 0 Å². The summed E-state index contributed by atoms with van der Waals surface area (Å²) in [5, 5.41) is 18.3. The van der Waals surface area contributed by atoms with Crippen molar-refractivity contribution in [3.05, 3.63) is 0 Å². The number of aliphatic hydroxyl groups excluding tert-OH is 2. The van der Waals surface area contributed by atoms with Crippen molar-refractivity contribution in [3.63, 3.8) is 0 Å². The third kappa shape index (κ3) is 8.02. The van der Waals surface area contributed by atoms with Crippen LogP contribution in [-0.2, 0) is 0 Å². The zero-order valence-electron chi connectivity index (χ0n) is 8.29. The Balaban J connectivity index is 3.14. The lowest BCUT2D eigenvalue weighted by atomic mass is 10.1. The molecular weight excluding hydrogens is 152 g/mol. The minimum atomic E-state index is -0.369. The molecular formula is C10H22O2. The highest BCUT2D eigenvalue weighted by Gasteiger charge is 2.06. The Morgan fingerprint density at radius 1 is 1.08 bits per heavy atom. The maximum absolute atomic E-state index is 9.36. The van der Waals surface area contributed by atoms with Crippen LogP contribution in [-0.4, -0.2) is 22.4 Å². The summed E-state index contributed by atoms with van der Waals surface area (Å²) < 4.78 is 0. The van der Waals surface area contributed by atoms with Crippen LogP contribution in [0.1, 0.15) is 52.4 Å². The van der Waals surface area contributed by atoms with E-state index >= 15 is 0 Å². The van der Waals surface area contributed by atoms with E-state index in [1.807, 2.05) is 0 Å². The number of hydrogen-bond donors (Lipinski definition) is 2. The zero-order valence-corrected chi connectivity index (χ0v) is 8.29. The molecule has 0 aliphatic heterocycles. The highest BCUT2D eigenvalue weighted by molar-refractivity contribution is 4.59. The molecule has 0 bridgehead atoms. The summed E-state index contributed by atoms with van der Waals surface area (Å²) in [6, 6.07) is 0. The van der Waals surface area contributed by atoms with Crippen LogP contribution < -0.4 is 0 Å². The third-order valence-electron chi connectivity index (χ3n) is 2.00. The first-order chi connectivity index (χ1) is 5.66. The summed E-state index contributed by atoms with van der Waals surface area (Å²) in [6.45, 7) is 3.89. The second-order valence-corrected chi connectivity index (χ2v) is 3.59. The van der Waals surface area contributed by atoms with Crippen molar-refractivity contribution >= 4 is 0 Å². The normalized spacial score (nSPS) is 16.0. The minimum absolute atomic E-state index is 0.304. The van der Waals surface area contributed by atoms with Crippen molar-refractivity contribution in [2.45, 2.75) is 64.6 Å². The highest BCUT2D eigenvalue weighted by Crippen LogP contribution is 2.09. The first-order valence-corrected chi connectivity index (χ1v) is 5.03. The Hall–Kier alpha value is -0.0800. The predicted octanol–water partition coefficient (Wildman–Crippen LogP) is 2.09. The van der Waals surface area contributed by atoms with Gasteiger partial charge in [-0.3, -0.25) is 0 Å². The van der Waals surface area contributed by atoms with Crippen LogP contribution in [0, 0.1) is 0 Å². The quantitative estimate of drug-likeness (QED) is 0.580. The van der Waals surface area contributed by atoms with Crippen LogP contribution >= 0.6 is 0 Å². The fourth-order valence-electron chi connectivity index (χ4n) is 1.32. The fourth-order valence-corrected chi connectivity index (χ4v) is 1.32. The van der Waals surface area contributed by atoms with E-state index in [0.717, 1.165) is 12.8 Å². The van der Waals surface area contributed by atoms with Gasteiger partial charge in [-0.2, -0.15) is 0 Å². The molecule has 0 fully saturated rings. The molecule has 74 valence electrons. The molecule has 0 amide bonds. The highest BCUT2D eigenvalue weighted by atomic mass is 16.3. The van der Waals surface area contributed by atoms with E-state index < -0.39 is 0 Å². The summed E-state index contributed by atoms with van der Waals surface area (Å²) in [5.74, 6) is 0. The van der Waals surface area contributed by atoms with Crippen molar-refractivity contribution in [3.8, 4) is 0 Å². The smallest absolute Gasteiger partial charge is 0.0564 e. The van der Waals surface area contributed by atoms with Crippen LogP contribution in [0.15, 0.2) is 0 Å². The first kappa shape index (κ1) is 11.9. The molecule has 0 aromatic heterocycles. The molecule has 12 heavy (non-hydrogen) atoms. The lowest BCUT2D eigenvalue weighted by Gasteiger charge is -2.11. The van der Waals surface area contributed by atoms with Crippen LogP contribution in [0.4, 0.5) is 0 Å². The number of rotatable bonds is 7. The Labute approximate surface area is 75.6 Å². The third-order valence-corrected chi connectivity index (χ3v) is 2.00. The summed E-state index contributed by atoms with van der Waals surface area (Å²) >= 11 is 0. The second-order valence-electron chi connectivity index (χ2n) is 3.59. The molecule has 2 atom stereocenters. The van der Waals surface area contributed by atoms with Crippen LogP contribution in [0.5, 0.6) is 0 Å². The average molecular weight is 174 g/mol. The van der Waals surface area contributed by atoms with Gasteiger partial charge in [-0.1, -0.05) is 32.6 Å². The number of hydrogen-bond acceptors (Lipinski definition) is 2. The molecule has 0 aliphatic carbocycles. The first-order valence-electron chi connectivity index (χ1n) is 5.03. The van der Waals surface area contributed by atoms with Crippen molar-refractivity contribution < 1.29 is 10.2 Å². The Bertz CT molecular complexity index is 91.8. The van der Waals surface area contributed by atoms with E-state index in [1.54, 1.807) is 6.92 Å². The average Bonchev–Trinajstić information content (AvgIpc) is 1.97. The van der Waals surface area contributed by atoms with Gasteiger partial charge in [0, 0.05) is 0 Å². The number of aliphatic hydroxyl groups is 2. The molecule has 0 radical (unpaired) electrons. The second kappa shape index (κ2) is 7.56. The largest absolute Gasteiger partial charge is 0.393 e. The molecule has 2 N–H and O–H groups in total. The maximum Gasteiger partial charge on any atom is 0.0564 e. The molecule has 0 aliphatic rings. The molecule has 0 saturated carbocycles. The van der Waals surface area contributed by atoms with Gasteiger partial charge in [-0.15, -0.1) is 0 Å². The molecule has 2 heteroatoms. The lowest BCUT2D eigenvalue weighted by molar-refractivity contribution is 0.0834. The fraction of sp³-hybridized carbons (Fsp3) is 1.00. The van der Waals surface area contributed by atoms with E-state index in [2.05, 4.69) is 6.92 Å². The van der Waals surface area contributed by atoms with E-state index in [1.165, 1.54) is 19.3 Å². The summed E-state index contributed by atoms with van der Waals surface area (Å²) in [4.78, 5) is 0. The van der Waals surface area contributed by atoms with Crippen molar-refractivity contribution in [1.29, 1.82) is 0 Å². The standard InChI is InChI=1S/C10H22O2/c1-3-4-5-6-7-10(12)8-9(2)11/h9-12H,3-8H2,1-2H3/t9-,10+/m0/s1. The lowest BCUT2D eigenvalue weighted by Crippen LogP contribution is -2.14. The summed E-state index contributed by atoms with van der Waals surface area (Å²) in [6.07, 6.45) is 5.45. The SMILES string of the molecule is CCCCCC[C@@H](O)C[C@H](C)O. The molecule has 0 aromatic carbocycles. The van der Waals surface area contributed by atoms with Gasteiger partial charge in [0.25, 0.3) is 0 Å². The van der Waals surface area contributed by atoms with E-state index in [-0.39, 0.29) is 12.2 Å². The van der Waals surface area contributed by atoms with Gasteiger partial charge in [0.15, 0.2) is 0 Å². The molecule has 0 spiro atoms. The van der Waals surface area contributed by atoms with Crippen molar-refractivity contribution in [1.82, 2.24) is 0 Å². The zero-order chi connectivity index (χ0) is 9.40. The Morgan fingerprint density at radius 2 is 1.75 bits per heavy atom. The van der Waals surface area contributed by atoms with E-state index in [0.29, 0.717) is 6.42 Å². The van der Waals surface area contributed by atoms with Gasteiger partial charge in [0.2, 0.25) is 0 Å². The monoisotopic (exact) mass is 174 g/mol. The molecule has 0 heterocycles. The van der Waals surface area contributed by atoms with Gasteiger partial charge in [-0.25, -0.2) is 0 Å². The Morgan fingerprint density at radius 3 is 2.25 bits per heavy atom. The maximum atomic E-state index is 9.36. The van der Waals surface area contributed by atoms with E-state index in [4.69, 9.17) is 5.11 Å². The van der Waals surface area contributed by atoms with Gasteiger partial charge < -0.3 is 10.2 Å². The van der Waals surface area contributed by atoms with E-state index in [9.17, 15) is 5.11 Å². The summed E-state index contributed by atoms with van der Waals surface area (Å²) in [5.41, 5.74) is 0. The summed E-state index contributed by atoms with van der Waals surface area (Å²) in [7, 11) is 0. The van der Waals surface area contributed by atoms with Crippen LogP contribution in [0.3, 0.4) is 0 Å². The number of unbranched alkanes of at least 4 members (excludes halogenated alkanes) is 3. The molecule has 0 saturated heterocycles. The van der Waals surface area contributed by atoms with Crippen molar-refractivity contribution in [2.75, 3.05) is 0 Å². The van der Waals surface area contributed by atoms with Crippen LogP contribution in [0.25, 0.3) is 0 Å². The van der Waals surface area contributed by atoms with Crippen LogP contribution in [0.2, 0.25) is 0 Å². The molecule has 0 rings (SSSR count). The predicted molar refractivity (Wildman–Crippen MR) is 51.1 cm³/mol. The Kier molecular flexibility index (Phi) is 7.51. The van der Waals surface area contributed by atoms with Gasteiger partial charge in [0.05, 0.1) is 12.2 Å². The van der Waals surface area contributed by atoms with Gasteiger partial charge >= 0.3 is 0 Å². The molecule has 0 unspecified atom stereocenters.